The predicted octanol–water partition coefficient (Wildman–Crippen LogP) is 3.12. The fraction of sp³-hybridized carbons (Fsp3) is 0.467. The van der Waals surface area contributed by atoms with Crippen LogP contribution >= 0.6 is 0 Å². The summed E-state index contributed by atoms with van der Waals surface area (Å²) in [5.41, 5.74) is 1.25. The number of nitrogens with zero attached hydrogens (tertiary/aromatic N) is 1. The Bertz CT molecular complexity index is 462. The summed E-state index contributed by atoms with van der Waals surface area (Å²) in [4.78, 5) is 12.2. The highest BCUT2D eigenvalue weighted by atomic mass is 16.5. The maximum absolute atomic E-state index is 12.2. The van der Waals surface area contributed by atoms with Gasteiger partial charge < -0.3 is 4.74 Å². The molecule has 0 aliphatic rings. The number of nitriles is 1. The second kappa shape index (κ2) is 6.20. The standard InChI is InChI=1S/C15H19NO2/c1-4-18-14(17)15(3,10-7-11-16)13-9-6-5-8-12(13)2/h5-6,8-9H,4,7,10H2,1-3H3. The Morgan fingerprint density at radius 2 is 2.11 bits per heavy atom. The van der Waals surface area contributed by atoms with Gasteiger partial charge >= 0.3 is 5.97 Å². The zero-order chi connectivity index (χ0) is 13.6. The molecule has 0 aliphatic heterocycles. The summed E-state index contributed by atoms with van der Waals surface area (Å²) in [6, 6.07) is 9.86. The van der Waals surface area contributed by atoms with Crippen molar-refractivity contribution in [2.75, 3.05) is 6.61 Å². The fourth-order valence-electron chi connectivity index (χ4n) is 2.13. The number of esters is 1. The van der Waals surface area contributed by atoms with Crippen LogP contribution < -0.4 is 0 Å². The van der Waals surface area contributed by atoms with E-state index in [0.717, 1.165) is 11.1 Å². The molecule has 0 spiro atoms. The number of benzene rings is 1. The first-order valence-electron chi connectivity index (χ1n) is 6.16. The molecule has 3 heteroatoms. The van der Waals surface area contributed by atoms with Crippen molar-refractivity contribution >= 4 is 5.97 Å². The Labute approximate surface area is 108 Å². The molecule has 0 bridgehead atoms. The molecule has 0 radical (unpaired) electrons. The Hall–Kier alpha value is -1.82. The number of hydrogen-bond acceptors (Lipinski definition) is 3. The van der Waals surface area contributed by atoms with Gasteiger partial charge in [0.05, 0.1) is 18.1 Å². The third kappa shape index (κ3) is 2.89. The van der Waals surface area contributed by atoms with Crippen molar-refractivity contribution < 1.29 is 9.53 Å². The Balaban J connectivity index is 3.16. The minimum atomic E-state index is -0.739. The summed E-state index contributed by atoms with van der Waals surface area (Å²) in [6.45, 7) is 5.97. The molecule has 1 aromatic carbocycles. The normalized spacial score (nSPS) is 13.4. The predicted molar refractivity (Wildman–Crippen MR) is 70.0 cm³/mol. The van der Waals surface area contributed by atoms with Crippen molar-refractivity contribution in [2.45, 2.75) is 39.0 Å². The molecule has 0 aliphatic carbocycles. The summed E-state index contributed by atoms with van der Waals surface area (Å²) in [5.74, 6) is -0.255. The molecule has 96 valence electrons. The molecule has 0 heterocycles. The first-order valence-corrected chi connectivity index (χ1v) is 6.16. The molecule has 1 aromatic rings. The van der Waals surface area contributed by atoms with Crippen LogP contribution in [0.25, 0.3) is 0 Å². The zero-order valence-electron chi connectivity index (χ0n) is 11.2. The molecule has 0 saturated carbocycles. The molecule has 0 aromatic heterocycles. The largest absolute Gasteiger partial charge is 0.465 e. The lowest BCUT2D eigenvalue weighted by Gasteiger charge is -2.28. The molecule has 3 nitrogen and oxygen atoms in total. The zero-order valence-corrected chi connectivity index (χ0v) is 11.2. The van der Waals surface area contributed by atoms with E-state index in [0.29, 0.717) is 19.4 Å². The number of aryl methyl sites for hydroxylation is 1. The SMILES string of the molecule is CCOC(=O)C(C)(CCC#N)c1ccccc1C. The lowest BCUT2D eigenvalue weighted by atomic mass is 9.76. The third-order valence-electron chi connectivity index (χ3n) is 3.20. The summed E-state index contributed by atoms with van der Waals surface area (Å²) < 4.78 is 5.17. The van der Waals surface area contributed by atoms with Crippen LogP contribution in [0, 0.1) is 18.3 Å². The van der Waals surface area contributed by atoms with Crippen molar-refractivity contribution in [3.63, 3.8) is 0 Å². The summed E-state index contributed by atoms with van der Waals surface area (Å²) in [6.07, 6.45) is 0.816. The van der Waals surface area contributed by atoms with Gasteiger partial charge in [-0.05, 0) is 38.3 Å². The lowest BCUT2D eigenvalue weighted by molar-refractivity contribution is -0.149. The van der Waals surface area contributed by atoms with E-state index in [-0.39, 0.29) is 5.97 Å². The minimum absolute atomic E-state index is 0.255. The topological polar surface area (TPSA) is 50.1 Å². The van der Waals surface area contributed by atoms with Gasteiger partial charge in [0.25, 0.3) is 0 Å². The Morgan fingerprint density at radius 1 is 1.44 bits per heavy atom. The van der Waals surface area contributed by atoms with Crippen LogP contribution in [0.5, 0.6) is 0 Å². The van der Waals surface area contributed by atoms with Crippen molar-refractivity contribution in [3.05, 3.63) is 35.4 Å². The van der Waals surface area contributed by atoms with E-state index in [1.165, 1.54) is 0 Å². The van der Waals surface area contributed by atoms with Gasteiger partial charge in [0.2, 0.25) is 0 Å². The summed E-state index contributed by atoms with van der Waals surface area (Å²) in [7, 11) is 0. The molecule has 0 fully saturated rings. The number of rotatable bonds is 5. The summed E-state index contributed by atoms with van der Waals surface area (Å²) >= 11 is 0. The van der Waals surface area contributed by atoms with E-state index >= 15 is 0 Å². The van der Waals surface area contributed by atoms with Gasteiger partial charge in [0.15, 0.2) is 0 Å². The molecular weight excluding hydrogens is 226 g/mol. The molecule has 1 rings (SSSR count). The van der Waals surface area contributed by atoms with Crippen LogP contribution in [-0.4, -0.2) is 12.6 Å². The van der Waals surface area contributed by atoms with Gasteiger partial charge in [-0.25, -0.2) is 0 Å². The lowest BCUT2D eigenvalue weighted by Crippen LogP contribution is -2.35. The number of ether oxygens (including phenoxy) is 1. The van der Waals surface area contributed by atoms with E-state index in [1.807, 2.05) is 38.1 Å². The number of carbonyl (C=O) groups excluding carboxylic acids is 1. The molecule has 0 saturated heterocycles. The van der Waals surface area contributed by atoms with Crippen molar-refractivity contribution in [2.24, 2.45) is 0 Å². The third-order valence-corrected chi connectivity index (χ3v) is 3.20. The van der Waals surface area contributed by atoms with Crippen LogP contribution in [0.2, 0.25) is 0 Å². The van der Waals surface area contributed by atoms with Gasteiger partial charge in [0.1, 0.15) is 0 Å². The Kier molecular flexibility index (Phi) is 4.91. The summed E-state index contributed by atoms with van der Waals surface area (Å²) in [5, 5.41) is 8.76. The maximum atomic E-state index is 12.2. The molecule has 0 N–H and O–H groups in total. The molecule has 0 amide bonds. The maximum Gasteiger partial charge on any atom is 0.316 e. The van der Waals surface area contributed by atoms with Gasteiger partial charge in [-0.2, -0.15) is 5.26 Å². The number of carbonyl (C=O) groups is 1. The highest BCUT2D eigenvalue weighted by Crippen LogP contribution is 2.32. The van der Waals surface area contributed by atoms with Crippen molar-refractivity contribution in [3.8, 4) is 6.07 Å². The average molecular weight is 245 g/mol. The monoisotopic (exact) mass is 245 g/mol. The second-order valence-electron chi connectivity index (χ2n) is 4.53. The van der Waals surface area contributed by atoms with E-state index in [4.69, 9.17) is 10.00 Å². The van der Waals surface area contributed by atoms with E-state index in [2.05, 4.69) is 6.07 Å². The smallest absolute Gasteiger partial charge is 0.316 e. The van der Waals surface area contributed by atoms with Gasteiger partial charge in [-0.15, -0.1) is 0 Å². The van der Waals surface area contributed by atoms with Crippen molar-refractivity contribution in [1.29, 1.82) is 5.26 Å². The molecule has 1 unspecified atom stereocenters. The minimum Gasteiger partial charge on any atom is -0.465 e. The van der Waals surface area contributed by atoms with Gasteiger partial charge in [0, 0.05) is 6.42 Å². The van der Waals surface area contributed by atoms with Crippen LogP contribution in [-0.2, 0) is 14.9 Å². The first-order chi connectivity index (χ1) is 8.56. The Morgan fingerprint density at radius 3 is 2.67 bits per heavy atom. The van der Waals surface area contributed by atoms with Crippen LogP contribution in [0.3, 0.4) is 0 Å². The first kappa shape index (κ1) is 14.2. The van der Waals surface area contributed by atoms with E-state index in [9.17, 15) is 4.79 Å². The van der Waals surface area contributed by atoms with Crippen molar-refractivity contribution in [1.82, 2.24) is 0 Å². The highest BCUT2D eigenvalue weighted by molar-refractivity contribution is 5.83. The molecule has 18 heavy (non-hydrogen) atoms. The molecular formula is C15H19NO2. The highest BCUT2D eigenvalue weighted by Gasteiger charge is 2.37. The fourth-order valence-corrected chi connectivity index (χ4v) is 2.13. The quantitative estimate of drug-likeness (QED) is 0.749. The van der Waals surface area contributed by atoms with E-state index in [1.54, 1.807) is 6.92 Å². The van der Waals surface area contributed by atoms with E-state index < -0.39 is 5.41 Å². The van der Waals surface area contributed by atoms with Gasteiger partial charge in [-0.1, -0.05) is 24.3 Å². The average Bonchev–Trinajstić information content (AvgIpc) is 2.36. The van der Waals surface area contributed by atoms with Gasteiger partial charge in [-0.3, -0.25) is 4.79 Å². The second-order valence-corrected chi connectivity index (χ2v) is 4.53. The number of hydrogen-bond donors (Lipinski definition) is 0. The van der Waals surface area contributed by atoms with Crippen LogP contribution in [0.4, 0.5) is 0 Å². The van der Waals surface area contributed by atoms with Crippen LogP contribution in [0.1, 0.15) is 37.8 Å². The van der Waals surface area contributed by atoms with Crippen LogP contribution in [0.15, 0.2) is 24.3 Å². The molecule has 1 atom stereocenters.